The van der Waals surface area contributed by atoms with Crippen molar-refractivity contribution in [3.8, 4) is 0 Å². The van der Waals surface area contributed by atoms with E-state index < -0.39 is 10.2 Å². The minimum Gasteiger partial charge on any atom is -0.330 e. The number of nitrogens with two attached hydrogens (primary N) is 1. The van der Waals surface area contributed by atoms with Crippen LogP contribution in [0.2, 0.25) is 0 Å². The Balaban J connectivity index is 2.75. The lowest BCUT2D eigenvalue weighted by Gasteiger charge is -2.22. The highest BCUT2D eigenvalue weighted by Gasteiger charge is 2.21. The van der Waals surface area contributed by atoms with Gasteiger partial charge < -0.3 is 5.73 Å². The third-order valence-corrected chi connectivity index (χ3v) is 4.57. The van der Waals surface area contributed by atoms with E-state index in [0.717, 1.165) is 5.56 Å². The molecular formula is C13H23N3O2S. The number of nitrogens with zero attached hydrogens (tertiary/aromatic N) is 1. The Morgan fingerprint density at radius 2 is 1.95 bits per heavy atom. The number of hydrogen-bond acceptors (Lipinski definition) is 3. The summed E-state index contributed by atoms with van der Waals surface area (Å²) < 4.78 is 28.3. The Morgan fingerprint density at radius 1 is 1.32 bits per heavy atom. The molecule has 0 saturated carbocycles. The lowest BCUT2D eigenvalue weighted by Crippen LogP contribution is -2.40. The fraction of sp³-hybridized carbons (Fsp3) is 0.538. The van der Waals surface area contributed by atoms with E-state index in [0.29, 0.717) is 25.9 Å². The van der Waals surface area contributed by atoms with Gasteiger partial charge in [-0.15, -0.1) is 0 Å². The molecule has 0 aromatic heterocycles. The van der Waals surface area contributed by atoms with Crippen molar-refractivity contribution in [2.45, 2.75) is 25.8 Å². The van der Waals surface area contributed by atoms with E-state index in [1.165, 1.54) is 4.31 Å². The van der Waals surface area contributed by atoms with Gasteiger partial charge in [0.05, 0.1) is 0 Å². The molecule has 108 valence electrons. The van der Waals surface area contributed by atoms with Crippen LogP contribution < -0.4 is 10.5 Å². The maximum absolute atomic E-state index is 12.2. The van der Waals surface area contributed by atoms with Crippen LogP contribution in [0.5, 0.6) is 0 Å². The molecular weight excluding hydrogens is 262 g/mol. The fourth-order valence-corrected chi connectivity index (χ4v) is 2.99. The molecule has 1 aromatic rings. The quantitative estimate of drug-likeness (QED) is 0.755. The summed E-state index contributed by atoms with van der Waals surface area (Å²) in [6.07, 6.45) is 1.35. The monoisotopic (exact) mass is 285 g/mol. The van der Waals surface area contributed by atoms with Gasteiger partial charge in [0.25, 0.3) is 10.2 Å². The van der Waals surface area contributed by atoms with Crippen LogP contribution in [0.1, 0.15) is 31.4 Å². The Labute approximate surface area is 116 Å². The largest absolute Gasteiger partial charge is 0.330 e. The van der Waals surface area contributed by atoms with E-state index in [-0.39, 0.29) is 6.04 Å². The van der Waals surface area contributed by atoms with Crippen LogP contribution in [0.15, 0.2) is 30.3 Å². The van der Waals surface area contributed by atoms with Crippen molar-refractivity contribution in [2.24, 2.45) is 5.73 Å². The lowest BCUT2D eigenvalue weighted by atomic mass is 10.1. The van der Waals surface area contributed by atoms with Crippen LogP contribution in [0.4, 0.5) is 0 Å². The van der Waals surface area contributed by atoms with E-state index in [4.69, 9.17) is 5.73 Å². The molecule has 0 aliphatic heterocycles. The Hall–Kier alpha value is -0.950. The topological polar surface area (TPSA) is 75.4 Å². The molecule has 0 aliphatic rings. The van der Waals surface area contributed by atoms with Crippen molar-refractivity contribution in [3.63, 3.8) is 0 Å². The van der Waals surface area contributed by atoms with E-state index in [2.05, 4.69) is 4.72 Å². The molecule has 0 bridgehead atoms. The van der Waals surface area contributed by atoms with Crippen molar-refractivity contribution in [1.82, 2.24) is 9.03 Å². The molecule has 5 nitrogen and oxygen atoms in total. The summed E-state index contributed by atoms with van der Waals surface area (Å²) in [6, 6.07) is 9.38. The van der Waals surface area contributed by atoms with E-state index in [1.54, 1.807) is 7.05 Å². The predicted octanol–water partition coefficient (Wildman–Crippen LogP) is 1.25. The van der Waals surface area contributed by atoms with Crippen LogP contribution in [-0.4, -0.2) is 32.9 Å². The van der Waals surface area contributed by atoms with Crippen LogP contribution in [0.25, 0.3) is 0 Å². The van der Waals surface area contributed by atoms with Gasteiger partial charge in [-0.05, 0) is 24.9 Å². The number of rotatable bonds is 8. The molecule has 0 saturated heterocycles. The van der Waals surface area contributed by atoms with Crippen LogP contribution in [0.3, 0.4) is 0 Å². The van der Waals surface area contributed by atoms with Gasteiger partial charge in [0.1, 0.15) is 0 Å². The third kappa shape index (κ3) is 4.91. The van der Waals surface area contributed by atoms with Gasteiger partial charge in [-0.2, -0.15) is 17.4 Å². The minimum absolute atomic E-state index is 0.202. The summed E-state index contributed by atoms with van der Waals surface area (Å²) in [6.45, 7) is 2.87. The molecule has 1 unspecified atom stereocenters. The van der Waals surface area contributed by atoms with Crippen LogP contribution >= 0.6 is 0 Å². The second-order valence-electron chi connectivity index (χ2n) is 4.46. The van der Waals surface area contributed by atoms with Crippen molar-refractivity contribution in [3.05, 3.63) is 35.9 Å². The van der Waals surface area contributed by atoms with Crippen molar-refractivity contribution < 1.29 is 8.42 Å². The first-order chi connectivity index (χ1) is 9.01. The second-order valence-corrected chi connectivity index (χ2v) is 6.27. The normalized spacial score (nSPS) is 13.7. The van der Waals surface area contributed by atoms with Crippen molar-refractivity contribution in [1.29, 1.82) is 0 Å². The number of hydrogen-bond donors (Lipinski definition) is 2. The molecule has 0 aliphatic carbocycles. The molecule has 0 spiro atoms. The van der Waals surface area contributed by atoms with E-state index >= 15 is 0 Å². The molecule has 6 heteroatoms. The highest BCUT2D eigenvalue weighted by atomic mass is 32.2. The molecule has 0 radical (unpaired) electrons. The Morgan fingerprint density at radius 3 is 2.47 bits per heavy atom. The molecule has 0 fully saturated rings. The first-order valence-electron chi connectivity index (χ1n) is 6.50. The average Bonchev–Trinajstić information content (AvgIpc) is 2.43. The summed E-state index contributed by atoms with van der Waals surface area (Å²) in [5.41, 5.74) is 6.37. The minimum atomic E-state index is -3.46. The Kier molecular flexibility index (Phi) is 6.44. The van der Waals surface area contributed by atoms with Crippen molar-refractivity contribution in [2.75, 3.05) is 20.1 Å². The van der Waals surface area contributed by atoms with Gasteiger partial charge in [-0.3, -0.25) is 0 Å². The molecule has 0 amide bonds. The van der Waals surface area contributed by atoms with E-state index in [1.807, 2.05) is 37.3 Å². The first-order valence-corrected chi connectivity index (χ1v) is 7.94. The zero-order chi connectivity index (χ0) is 14.3. The van der Waals surface area contributed by atoms with Gasteiger partial charge in [0.15, 0.2) is 0 Å². The Bertz CT molecular complexity index is 462. The zero-order valence-corrected chi connectivity index (χ0v) is 12.4. The predicted molar refractivity (Wildman–Crippen MR) is 77.8 cm³/mol. The van der Waals surface area contributed by atoms with E-state index in [9.17, 15) is 8.42 Å². The highest BCUT2D eigenvalue weighted by Crippen LogP contribution is 2.17. The standard InChI is InChI=1S/C13H23N3O2S/c1-3-13(12-8-5-4-6-9-12)15-19(17,18)16(2)11-7-10-14/h4-6,8-9,13,15H,3,7,10-11,14H2,1-2H3. The number of benzene rings is 1. The average molecular weight is 285 g/mol. The SMILES string of the molecule is CCC(NS(=O)(=O)N(C)CCCN)c1ccccc1. The first kappa shape index (κ1) is 16.1. The molecule has 1 atom stereocenters. The maximum Gasteiger partial charge on any atom is 0.279 e. The highest BCUT2D eigenvalue weighted by molar-refractivity contribution is 7.87. The molecule has 19 heavy (non-hydrogen) atoms. The molecule has 0 heterocycles. The lowest BCUT2D eigenvalue weighted by molar-refractivity contribution is 0.441. The van der Waals surface area contributed by atoms with Gasteiger partial charge in [-0.25, -0.2) is 0 Å². The second kappa shape index (κ2) is 7.59. The molecule has 3 N–H and O–H groups in total. The van der Waals surface area contributed by atoms with Gasteiger partial charge in [-0.1, -0.05) is 37.3 Å². The van der Waals surface area contributed by atoms with Gasteiger partial charge in [0.2, 0.25) is 0 Å². The third-order valence-electron chi connectivity index (χ3n) is 2.99. The van der Waals surface area contributed by atoms with Crippen molar-refractivity contribution >= 4 is 10.2 Å². The summed E-state index contributed by atoms with van der Waals surface area (Å²) >= 11 is 0. The molecule has 1 rings (SSSR count). The smallest absolute Gasteiger partial charge is 0.279 e. The fourth-order valence-electron chi connectivity index (χ4n) is 1.78. The number of nitrogens with one attached hydrogen (secondary N) is 1. The summed E-state index contributed by atoms with van der Waals surface area (Å²) in [7, 11) is -1.90. The summed E-state index contributed by atoms with van der Waals surface area (Å²) in [4.78, 5) is 0. The summed E-state index contributed by atoms with van der Waals surface area (Å²) in [5.74, 6) is 0. The van der Waals surface area contributed by atoms with Gasteiger partial charge in [0, 0.05) is 19.6 Å². The molecule has 1 aromatic carbocycles. The van der Waals surface area contributed by atoms with Crippen LogP contribution in [0, 0.1) is 0 Å². The zero-order valence-electron chi connectivity index (χ0n) is 11.5. The van der Waals surface area contributed by atoms with Gasteiger partial charge >= 0.3 is 0 Å². The maximum atomic E-state index is 12.2. The summed E-state index contributed by atoms with van der Waals surface area (Å²) in [5, 5.41) is 0. The van der Waals surface area contributed by atoms with Crippen LogP contribution in [-0.2, 0) is 10.2 Å².